The van der Waals surface area contributed by atoms with Gasteiger partial charge in [0.05, 0.1) is 27.7 Å². The van der Waals surface area contributed by atoms with Gasteiger partial charge >= 0.3 is 0 Å². The van der Waals surface area contributed by atoms with Gasteiger partial charge in [-0.05, 0) is 12.8 Å². The van der Waals surface area contributed by atoms with E-state index in [4.69, 9.17) is 0 Å². The first-order chi connectivity index (χ1) is 26.1. The molecule has 0 aromatic carbocycles. The molecule has 328 valence electrons. The van der Waals surface area contributed by atoms with E-state index in [9.17, 15) is 0 Å². The lowest BCUT2D eigenvalue weighted by Crippen LogP contribution is -3.00. The van der Waals surface area contributed by atoms with Gasteiger partial charge in [0.2, 0.25) is 0 Å². The van der Waals surface area contributed by atoms with E-state index in [0.717, 1.165) is 4.48 Å². The summed E-state index contributed by atoms with van der Waals surface area (Å²) in [5, 5.41) is 0. The molecule has 0 N–H and O–H groups in total. The molecule has 54 heavy (non-hydrogen) atoms. The largest absolute Gasteiger partial charge is 1.00 e. The molecule has 1 nitrogen and oxygen atoms in total. The Hall–Kier alpha value is 0.440. The van der Waals surface area contributed by atoms with E-state index >= 15 is 0 Å². The average molecular weight is 827 g/mol. The van der Waals surface area contributed by atoms with Crippen molar-refractivity contribution in [3.05, 3.63) is 0 Å². The molecule has 0 aliphatic carbocycles. The minimum atomic E-state index is 0. The van der Waals surface area contributed by atoms with Crippen LogP contribution in [0.5, 0.6) is 0 Å². The Morgan fingerprint density at radius 1 is 0.185 bits per heavy atom. The highest BCUT2D eigenvalue weighted by Gasteiger charge is 2.05. The van der Waals surface area contributed by atoms with Gasteiger partial charge in [-0.25, -0.2) is 0 Å². The van der Waals surface area contributed by atoms with Crippen molar-refractivity contribution in [1.29, 1.82) is 0 Å². The second-order valence-corrected chi connectivity index (χ2v) is 19.3. The molecular formula is C52H108BrN. The molecule has 0 unspecified atom stereocenters. The zero-order valence-corrected chi connectivity index (χ0v) is 40.4. The summed E-state index contributed by atoms with van der Waals surface area (Å²) < 4.78 is 1.12. The Bertz CT molecular complexity index is 626. The molecule has 0 bridgehead atoms. The summed E-state index contributed by atoms with van der Waals surface area (Å²) in [6.07, 6.45) is 69.8. The van der Waals surface area contributed by atoms with Crippen LogP contribution in [0.1, 0.15) is 309 Å². The van der Waals surface area contributed by atoms with E-state index in [1.165, 1.54) is 308 Å². The summed E-state index contributed by atoms with van der Waals surface area (Å²) in [5.74, 6) is 0. The van der Waals surface area contributed by atoms with Crippen molar-refractivity contribution in [2.24, 2.45) is 0 Å². The van der Waals surface area contributed by atoms with Gasteiger partial charge in [-0.15, -0.1) is 0 Å². The van der Waals surface area contributed by atoms with Crippen molar-refractivity contribution in [1.82, 2.24) is 0 Å². The fraction of sp³-hybridized carbons (Fsp3) is 1.00. The SMILES string of the molecule is CCCCCCCCCCCCCCCCCCCCCCCCCCCCCCCCCCCCCCCCCCCCCCCCC[N+](C)(C)C.[Br-]. The lowest BCUT2D eigenvalue weighted by Gasteiger charge is -2.23. The number of halogens is 1. The first-order valence-electron chi connectivity index (χ1n) is 25.9. The first-order valence-corrected chi connectivity index (χ1v) is 25.9. The zero-order valence-electron chi connectivity index (χ0n) is 38.8. The molecule has 0 rings (SSSR count). The number of hydrogen-bond donors (Lipinski definition) is 0. The van der Waals surface area contributed by atoms with Crippen molar-refractivity contribution in [2.45, 2.75) is 309 Å². The molecule has 0 aromatic rings. The lowest BCUT2D eigenvalue weighted by atomic mass is 10.0. The Balaban J connectivity index is 0. The molecule has 0 saturated heterocycles. The molecular weight excluding hydrogens is 718 g/mol. The third-order valence-corrected chi connectivity index (χ3v) is 12.4. The van der Waals surface area contributed by atoms with E-state index in [1.54, 1.807) is 0 Å². The van der Waals surface area contributed by atoms with Crippen LogP contribution in [0.4, 0.5) is 0 Å². The summed E-state index contributed by atoms with van der Waals surface area (Å²) in [4.78, 5) is 0. The summed E-state index contributed by atoms with van der Waals surface area (Å²) in [5.41, 5.74) is 0. The highest BCUT2D eigenvalue weighted by atomic mass is 79.9. The molecule has 0 radical (unpaired) electrons. The first kappa shape index (κ1) is 56.5. The summed E-state index contributed by atoms with van der Waals surface area (Å²) in [6, 6.07) is 0. The molecule has 0 spiro atoms. The van der Waals surface area contributed by atoms with Crippen LogP contribution >= 0.6 is 0 Å². The summed E-state index contributed by atoms with van der Waals surface area (Å²) >= 11 is 0. The van der Waals surface area contributed by atoms with Gasteiger partial charge in [0, 0.05) is 0 Å². The Morgan fingerprint density at radius 2 is 0.296 bits per heavy atom. The fourth-order valence-corrected chi connectivity index (χ4v) is 8.61. The van der Waals surface area contributed by atoms with Gasteiger partial charge in [0.15, 0.2) is 0 Å². The van der Waals surface area contributed by atoms with E-state index in [1.807, 2.05) is 0 Å². The second kappa shape index (κ2) is 49.6. The van der Waals surface area contributed by atoms with Crippen LogP contribution in [0.2, 0.25) is 0 Å². The zero-order chi connectivity index (χ0) is 38.4. The highest BCUT2D eigenvalue weighted by Crippen LogP contribution is 2.18. The molecule has 0 atom stereocenters. The third-order valence-electron chi connectivity index (χ3n) is 12.4. The van der Waals surface area contributed by atoms with Crippen molar-refractivity contribution < 1.29 is 21.5 Å². The molecule has 0 heterocycles. The van der Waals surface area contributed by atoms with Gasteiger partial charge in [-0.3, -0.25) is 0 Å². The smallest absolute Gasteiger partial charge is 0.0780 e. The van der Waals surface area contributed by atoms with Gasteiger partial charge < -0.3 is 21.5 Å². The molecule has 0 aliphatic heterocycles. The molecule has 2 heteroatoms. The number of nitrogens with zero attached hydrogens (tertiary/aromatic N) is 1. The minimum Gasteiger partial charge on any atom is -1.00 e. The predicted octanol–water partition coefficient (Wildman–Crippen LogP) is 16.1. The normalized spacial score (nSPS) is 11.8. The maximum Gasteiger partial charge on any atom is 0.0780 e. The predicted molar refractivity (Wildman–Crippen MR) is 246 cm³/mol. The molecule has 0 saturated carbocycles. The molecule has 0 aliphatic rings. The Kier molecular flexibility index (Phi) is 51.9. The number of unbranched alkanes of at least 4 members (excludes halogenated alkanes) is 46. The summed E-state index contributed by atoms with van der Waals surface area (Å²) in [6.45, 7) is 3.65. The summed E-state index contributed by atoms with van der Waals surface area (Å²) in [7, 11) is 6.94. The van der Waals surface area contributed by atoms with Crippen LogP contribution in [-0.4, -0.2) is 32.2 Å². The monoisotopic (exact) mass is 826 g/mol. The Labute approximate surface area is 356 Å². The van der Waals surface area contributed by atoms with Crippen LogP contribution in [0, 0.1) is 0 Å². The number of hydrogen-bond acceptors (Lipinski definition) is 0. The molecule has 0 aromatic heterocycles. The van der Waals surface area contributed by atoms with Crippen molar-refractivity contribution in [2.75, 3.05) is 27.7 Å². The molecule has 0 amide bonds. The highest BCUT2D eigenvalue weighted by molar-refractivity contribution is 4.54. The van der Waals surface area contributed by atoms with Crippen molar-refractivity contribution in [3.8, 4) is 0 Å². The third kappa shape index (κ3) is 54.5. The van der Waals surface area contributed by atoms with Gasteiger partial charge in [0.1, 0.15) is 0 Å². The number of rotatable bonds is 48. The molecule has 0 fully saturated rings. The minimum absolute atomic E-state index is 0. The lowest BCUT2D eigenvalue weighted by molar-refractivity contribution is -0.870. The van der Waals surface area contributed by atoms with Gasteiger partial charge in [-0.2, -0.15) is 0 Å². The average Bonchev–Trinajstić information content (AvgIpc) is 3.14. The van der Waals surface area contributed by atoms with E-state index in [-0.39, 0.29) is 17.0 Å². The van der Waals surface area contributed by atoms with Crippen LogP contribution in [0.3, 0.4) is 0 Å². The van der Waals surface area contributed by atoms with Crippen LogP contribution in [0.15, 0.2) is 0 Å². The second-order valence-electron chi connectivity index (χ2n) is 19.3. The van der Waals surface area contributed by atoms with E-state index < -0.39 is 0 Å². The standard InChI is InChI=1S/C52H108N.BrH/c1-5-6-7-8-9-10-11-12-13-14-15-16-17-18-19-20-21-22-23-24-25-26-27-28-29-30-31-32-33-34-35-36-37-38-39-40-41-42-43-44-45-46-47-48-49-50-51-52-53(2,3)4;/h5-52H2,1-4H3;1H/q+1;/p-1. The van der Waals surface area contributed by atoms with Gasteiger partial charge in [0.25, 0.3) is 0 Å². The van der Waals surface area contributed by atoms with Crippen LogP contribution in [0.25, 0.3) is 0 Å². The maximum atomic E-state index is 2.31. The fourth-order valence-electron chi connectivity index (χ4n) is 8.61. The maximum absolute atomic E-state index is 2.31. The van der Waals surface area contributed by atoms with Crippen LogP contribution < -0.4 is 17.0 Å². The number of quaternary nitrogens is 1. The Morgan fingerprint density at radius 3 is 0.407 bits per heavy atom. The van der Waals surface area contributed by atoms with Crippen molar-refractivity contribution in [3.63, 3.8) is 0 Å². The van der Waals surface area contributed by atoms with Crippen molar-refractivity contribution >= 4 is 0 Å². The van der Waals surface area contributed by atoms with Crippen LogP contribution in [-0.2, 0) is 0 Å². The van der Waals surface area contributed by atoms with E-state index in [0.29, 0.717) is 0 Å². The van der Waals surface area contributed by atoms with Gasteiger partial charge in [-0.1, -0.05) is 296 Å². The topological polar surface area (TPSA) is 0 Å². The van der Waals surface area contributed by atoms with E-state index in [2.05, 4.69) is 28.1 Å². The quantitative estimate of drug-likeness (QED) is 0.0423.